The minimum Gasteiger partial charge on any atom is -0.479 e. The molecular formula is C10H10N2O3S. The lowest BCUT2D eigenvalue weighted by Gasteiger charge is -1.98. The molecule has 0 aliphatic carbocycles. The number of methoxy groups -OCH3 is 1. The number of aromatic nitrogens is 1. The number of thiophene rings is 1. The van der Waals surface area contributed by atoms with Gasteiger partial charge in [-0.3, -0.25) is 4.79 Å². The van der Waals surface area contributed by atoms with Gasteiger partial charge in [0.05, 0.1) is 19.7 Å². The van der Waals surface area contributed by atoms with E-state index >= 15 is 0 Å². The molecule has 1 N–H and O–H groups in total. The maximum absolute atomic E-state index is 11.6. The van der Waals surface area contributed by atoms with Crippen molar-refractivity contribution in [1.29, 1.82) is 0 Å². The molecule has 0 unspecified atom stereocenters. The highest BCUT2D eigenvalue weighted by Gasteiger charge is 2.12. The summed E-state index contributed by atoms with van der Waals surface area (Å²) in [6.45, 7) is 0.486. The van der Waals surface area contributed by atoms with Crippen molar-refractivity contribution in [2.24, 2.45) is 0 Å². The molecule has 2 rings (SSSR count). The molecular weight excluding hydrogens is 228 g/mol. The number of nitrogens with one attached hydrogen (secondary N) is 1. The summed E-state index contributed by atoms with van der Waals surface area (Å²) >= 11 is 1.58. The monoisotopic (exact) mass is 238 g/mol. The normalized spacial score (nSPS) is 10.1. The van der Waals surface area contributed by atoms with Crippen LogP contribution in [0.3, 0.4) is 0 Å². The Bertz CT molecular complexity index is 464. The summed E-state index contributed by atoms with van der Waals surface area (Å²) in [5.41, 5.74) is 0. The molecule has 0 atom stereocenters. The topological polar surface area (TPSA) is 64.4 Å². The second-order valence-electron chi connectivity index (χ2n) is 3.00. The Morgan fingerprint density at radius 2 is 2.56 bits per heavy atom. The lowest BCUT2D eigenvalue weighted by molar-refractivity contribution is 0.0914. The second kappa shape index (κ2) is 4.80. The molecule has 1 amide bonds. The van der Waals surface area contributed by atoms with Gasteiger partial charge in [0.25, 0.3) is 11.8 Å². The first-order valence-electron chi connectivity index (χ1n) is 4.61. The first kappa shape index (κ1) is 10.7. The first-order valence-corrected chi connectivity index (χ1v) is 5.49. The van der Waals surface area contributed by atoms with E-state index in [2.05, 4.69) is 10.5 Å². The molecule has 2 heterocycles. The van der Waals surface area contributed by atoms with Crippen molar-refractivity contribution in [2.45, 2.75) is 6.54 Å². The van der Waals surface area contributed by atoms with Crippen LogP contribution in [0.2, 0.25) is 0 Å². The Labute approximate surface area is 96.0 Å². The van der Waals surface area contributed by atoms with Crippen molar-refractivity contribution in [2.75, 3.05) is 7.11 Å². The van der Waals surface area contributed by atoms with Gasteiger partial charge in [0, 0.05) is 4.88 Å². The van der Waals surface area contributed by atoms with Crippen molar-refractivity contribution < 1.29 is 14.1 Å². The van der Waals surface area contributed by atoms with Gasteiger partial charge in [-0.05, 0) is 16.6 Å². The van der Waals surface area contributed by atoms with Crippen molar-refractivity contribution in [1.82, 2.24) is 10.5 Å². The third-order valence-electron chi connectivity index (χ3n) is 1.92. The lowest BCUT2D eigenvalue weighted by Crippen LogP contribution is -2.21. The molecule has 6 heteroatoms. The van der Waals surface area contributed by atoms with Crippen LogP contribution in [0.4, 0.5) is 0 Å². The summed E-state index contributed by atoms with van der Waals surface area (Å²) in [7, 11) is 1.46. The predicted molar refractivity (Wildman–Crippen MR) is 58.5 cm³/mol. The van der Waals surface area contributed by atoms with Gasteiger partial charge in [-0.1, -0.05) is 6.07 Å². The van der Waals surface area contributed by atoms with Gasteiger partial charge in [-0.15, -0.1) is 11.3 Å². The largest absolute Gasteiger partial charge is 0.479 e. The number of carbonyl (C=O) groups is 1. The molecule has 16 heavy (non-hydrogen) atoms. The van der Waals surface area contributed by atoms with Crippen molar-refractivity contribution >= 4 is 17.2 Å². The zero-order valence-electron chi connectivity index (χ0n) is 8.60. The molecule has 0 bridgehead atoms. The quantitative estimate of drug-likeness (QED) is 0.880. The fourth-order valence-electron chi connectivity index (χ4n) is 1.13. The lowest BCUT2D eigenvalue weighted by atomic mass is 10.4. The van der Waals surface area contributed by atoms with E-state index in [1.54, 1.807) is 11.3 Å². The highest BCUT2D eigenvalue weighted by Crippen LogP contribution is 2.11. The van der Waals surface area contributed by atoms with Gasteiger partial charge in [0.2, 0.25) is 5.76 Å². The Morgan fingerprint density at radius 3 is 3.19 bits per heavy atom. The molecule has 0 aromatic carbocycles. The minimum absolute atomic E-state index is 0.147. The van der Waals surface area contributed by atoms with Crippen LogP contribution < -0.4 is 10.1 Å². The van der Waals surface area contributed by atoms with Crippen LogP contribution >= 0.6 is 11.3 Å². The highest BCUT2D eigenvalue weighted by molar-refractivity contribution is 7.09. The number of hydrogen-bond acceptors (Lipinski definition) is 5. The molecule has 2 aromatic heterocycles. The molecule has 0 spiro atoms. The van der Waals surface area contributed by atoms with Gasteiger partial charge in [-0.2, -0.15) is 0 Å². The minimum atomic E-state index is -0.302. The van der Waals surface area contributed by atoms with Crippen LogP contribution in [0.25, 0.3) is 0 Å². The van der Waals surface area contributed by atoms with Crippen LogP contribution in [-0.4, -0.2) is 18.2 Å². The van der Waals surface area contributed by atoms with Crippen LogP contribution in [-0.2, 0) is 6.54 Å². The van der Waals surface area contributed by atoms with E-state index < -0.39 is 0 Å². The summed E-state index contributed by atoms with van der Waals surface area (Å²) < 4.78 is 9.62. The summed E-state index contributed by atoms with van der Waals surface area (Å²) in [5, 5.41) is 8.22. The van der Waals surface area contributed by atoms with E-state index in [1.807, 2.05) is 17.5 Å². The van der Waals surface area contributed by atoms with E-state index in [9.17, 15) is 4.79 Å². The molecule has 0 aliphatic heterocycles. The average Bonchev–Trinajstić information content (AvgIpc) is 2.96. The third-order valence-corrected chi connectivity index (χ3v) is 2.80. The van der Waals surface area contributed by atoms with Gasteiger partial charge in [-0.25, -0.2) is 0 Å². The highest BCUT2D eigenvalue weighted by atomic mass is 32.1. The third kappa shape index (κ3) is 2.40. The van der Waals surface area contributed by atoms with E-state index in [1.165, 1.54) is 13.2 Å². The number of ether oxygens (including phenoxy) is 1. The number of nitrogens with zero attached hydrogens (tertiary/aromatic N) is 1. The Morgan fingerprint density at radius 1 is 1.69 bits per heavy atom. The zero-order chi connectivity index (χ0) is 11.4. The Balaban J connectivity index is 1.93. The summed E-state index contributed by atoms with van der Waals surface area (Å²) in [4.78, 5) is 12.7. The standard InChI is InChI=1S/C10H10N2O3S/c1-14-9-5-8(15-12-9)10(13)11-6-7-3-2-4-16-7/h2-5H,6H2,1H3,(H,11,13). The van der Waals surface area contributed by atoms with Crippen LogP contribution in [0, 0.1) is 0 Å². The van der Waals surface area contributed by atoms with Crippen LogP contribution in [0.1, 0.15) is 15.4 Å². The fraction of sp³-hybridized carbons (Fsp3) is 0.200. The second-order valence-corrected chi connectivity index (χ2v) is 4.03. The number of hydrogen-bond donors (Lipinski definition) is 1. The molecule has 84 valence electrons. The van der Waals surface area contributed by atoms with Gasteiger partial charge < -0.3 is 14.6 Å². The molecule has 0 aliphatic rings. The number of rotatable bonds is 4. The van der Waals surface area contributed by atoms with Crippen LogP contribution in [0.15, 0.2) is 28.1 Å². The molecule has 0 saturated heterocycles. The maximum Gasteiger partial charge on any atom is 0.290 e. The average molecular weight is 238 g/mol. The van der Waals surface area contributed by atoms with E-state index in [4.69, 9.17) is 9.26 Å². The summed E-state index contributed by atoms with van der Waals surface area (Å²) in [6.07, 6.45) is 0. The zero-order valence-corrected chi connectivity index (χ0v) is 9.41. The van der Waals surface area contributed by atoms with Gasteiger partial charge >= 0.3 is 0 Å². The fourth-order valence-corrected chi connectivity index (χ4v) is 1.77. The van der Waals surface area contributed by atoms with Crippen molar-refractivity contribution in [3.63, 3.8) is 0 Å². The molecule has 2 aromatic rings. The summed E-state index contributed by atoms with van der Waals surface area (Å²) in [6, 6.07) is 5.33. The van der Waals surface area contributed by atoms with E-state index in [0.29, 0.717) is 12.4 Å². The number of amides is 1. The van der Waals surface area contributed by atoms with E-state index in [-0.39, 0.29) is 11.7 Å². The Hall–Kier alpha value is -1.82. The number of carbonyl (C=O) groups excluding carboxylic acids is 1. The Kier molecular flexibility index (Phi) is 3.21. The molecule has 0 saturated carbocycles. The van der Waals surface area contributed by atoms with Gasteiger partial charge in [0.15, 0.2) is 0 Å². The molecule has 5 nitrogen and oxygen atoms in total. The SMILES string of the molecule is COc1cc(C(=O)NCc2cccs2)on1. The van der Waals surface area contributed by atoms with Crippen LogP contribution in [0.5, 0.6) is 5.88 Å². The van der Waals surface area contributed by atoms with E-state index in [0.717, 1.165) is 4.88 Å². The summed E-state index contributed by atoms with van der Waals surface area (Å²) in [5.74, 6) is 0.138. The molecule has 0 fully saturated rings. The van der Waals surface area contributed by atoms with Gasteiger partial charge in [0.1, 0.15) is 0 Å². The first-order chi connectivity index (χ1) is 7.79. The smallest absolute Gasteiger partial charge is 0.290 e. The van der Waals surface area contributed by atoms with Crippen molar-refractivity contribution in [3.05, 3.63) is 34.2 Å². The van der Waals surface area contributed by atoms with Crippen molar-refractivity contribution in [3.8, 4) is 5.88 Å². The maximum atomic E-state index is 11.6. The predicted octanol–water partition coefficient (Wildman–Crippen LogP) is 1.67. The molecule has 0 radical (unpaired) electrons.